The summed E-state index contributed by atoms with van der Waals surface area (Å²) in [6.45, 7) is 4.80. The molecule has 0 atom stereocenters. The van der Waals surface area contributed by atoms with E-state index < -0.39 is 0 Å². The molecule has 12 aromatic carbocycles. The van der Waals surface area contributed by atoms with Crippen LogP contribution in [0.15, 0.2) is 261 Å². The SMILES string of the molecule is CC1(C)c2cc(N(c3ccc(-c4cccc5ccccc45)cc3)c3ccc(-c4ccc5c6ccccc6n(-c6ccccc6)c5c4)c4ccccc34)ccc2-c2ccc(-n3c4ccccc4c4ccccc43)cc21. The van der Waals surface area contributed by atoms with Gasteiger partial charge in [-0.05, 0) is 140 Å². The Morgan fingerprint density at radius 2 is 0.797 bits per heavy atom. The molecule has 0 bridgehead atoms. The van der Waals surface area contributed by atoms with Gasteiger partial charge in [0.25, 0.3) is 0 Å². The van der Waals surface area contributed by atoms with Crippen LogP contribution < -0.4 is 4.90 Å². The van der Waals surface area contributed by atoms with E-state index in [1.807, 2.05) is 0 Å². The van der Waals surface area contributed by atoms with Crippen LogP contribution in [0.4, 0.5) is 17.1 Å². The molecular weight excluding hydrogens is 895 g/mol. The molecule has 0 saturated carbocycles. The third-order valence-electron chi connectivity index (χ3n) is 16.1. The van der Waals surface area contributed by atoms with Crippen molar-refractivity contribution in [2.75, 3.05) is 4.90 Å². The number of para-hydroxylation sites is 4. The molecule has 3 heteroatoms. The van der Waals surface area contributed by atoms with Gasteiger partial charge in [-0.1, -0.05) is 196 Å². The molecule has 0 unspecified atom stereocenters. The second kappa shape index (κ2) is 16.3. The van der Waals surface area contributed by atoms with E-state index in [9.17, 15) is 0 Å². The Balaban J connectivity index is 0.892. The van der Waals surface area contributed by atoms with E-state index in [0.29, 0.717) is 0 Å². The first-order valence-electron chi connectivity index (χ1n) is 25.8. The van der Waals surface area contributed by atoms with Crippen LogP contribution >= 0.6 is 0 Å². The number of rotatable bonds is 7. The summed E-state index contributed by atoms with van der Waals surface area (Å²) in [4.78, 5) is 2.48. The molecule has 348 valence electrons. The first kappa shape index (κ1) is 42.3. The van der Waals surface area contributed by atoms with Gasteiger partial charge < -0.3 is 14.0 Å². The molecule has 0 radical (unpaired) electrons. The predicted octanol–water partition coefficient (Wildman–Crippen LogP) is 19.3. The Bertz CT molecular complexity index is 4510. The van der Waals surface area contributed by atoms with Crippen molar-refractivity contribution in [2.24, 2.45) is 0 Å². The van der Waals surface area contributed by atoms with Crippen molar-refractivity contribution in [3.63, 3.8) is 0 Å². The maximum atomic E-state index is 2.48. The molecule has 2 heterocycles. The van der Waals surface area contributed by atoms with E-state index in [4.69, 9.17) is 0 Å². The summed E-state index contributed by atoms with van der Waals surface area (Å²) in [5.74, 6) is 0. The molecule has 0 aliphatic heterocycles. The lowest BCUT2D eigenvalue weighted by Gasteiger charge is -2.29. The number of hydrogen-bond acceptors (Lipinski definition) is 1. The van der Waals surface area contributed by atoms with Gasteiger partial charge in [0.05, 0.1) is 27.8 Å². The van der Waals surface area contributed by atoms with E-state index in [1.54, 1.807) is 0 Å². The number of aromatic nitrogens is 2. The second-order valence-corrected chi connectivity index (χ2v) is 20.5. The van der Waals surface area contributed by atoms with Crippen LogP contribution in [-0.2, 0) is 5.41 Å². The monoisotopic (exact) mass is 943 g/mol. The average molecular weight is 944 g/mol. The van der Waals surface area contributed by atoms with Gasteiger partial charge in [-0.25, -0.2) is 0 Å². The normalized spacial score (nSPS) is 12.8. The average Bonchev–Trinajstić information content (AvgIpc) is 4.05. The number of benzene rings is 12. The quantitative estimate of drug-likeness (QED) is 0.155. The molecular formula is C71H49N3. The van der Waals surface area contributed by atoms with Crippen LogP contribution in [0.5, 0.6) is 0 Å². The maximum Gasteiger partial charge on any atom is 0.0547 e. The van der Waals surface area contributed by atoms with Crippen LogP contribution in [0.2, 0.25) is 0 Å². The first-order chi connectivity index (χ1) is 36.5. The van der Waals surface area contributed by atoms with Gasteiger partial charge in [-0.15, -0.1) is 0 Å². The van der Waals surface area contributed by atoms with E-state index >= 15 is 0 Å². The molecule has 74 heavy (non-hydrogen) atoms. The minimum Gasteiger partial charge on any atom is -0.310 e. The molecule has 14 aromatic rings. The zero-order valence-corrected chi connectivity index (χ0v) is 41.2. The van der Waals surface area contributed by atoms with E-state index in [2.05, 4.69) is 289 Å². The molecule has 2 aromatic heterocycles. The van der Waals surface area contributed by atoms with E-state index in [0.717, 1.165) is 22.7 Å². The first-order valence-corrected chi connectivity index (χ1v) is 25.8. The number of hydrogen-bond donors (Lipinski definition) is 0. The third kappa shape index (κ3) is 6.33. The summed E-state index contributed by atoms with van der Waals surface area (Å²) in [6, 6.07) is 96.5. The second-order valence-electron chi connectivity index (χ2n) is 20.5. The Morgan fingerprint density at radius 1 is 0.297 bits per heavy atom. The van der Waals surface area contributed by atoms with Gasteiger partial charge >= 0.3 is 0 Å². The van der Waals surface area contributed by atoms with Gasteiger partial charge in [0.1, 0.15) is 0 Å². The molecule has 0 saturated heterocycles. The molecule has 0 amide bonds. The van der Waals surface area contributed by atoms with Gasteiger partial charge in [0.15, 0.2) is 0 Å². The fourth-order valence-corrected chi connectivity index (χ4v) is 12.6. The number of fused-ring (bicyclic) bond motifs is 11. The van der Waals surface area contributed by atoms with Crippen LogP contribution in [0.1, 0.15) is 25.0 Å². The third-order valence-corrected chi connectivity index (χ3v) is 16.1. The summed E-state index contributed by atoms with van der Waals surface area (Å²) in [6.07, 6.45) is 0. The molecule has 1 aliphatic rings. The van der Waals surface area contributed by atoms with Crippen molar-refractivity contribution < 1.29 is 0 Å². The van der Waals surface area contributed by atoms with Gasteiger partial charge in [-0.3, -0.25) is 0 Å². The highest BCUT2D eigenvalue weighted by molar-refractivity contribution is 6.13. The van der Waals surface area contributed by atoms with Gasteiger partial charge in [-0.2, -0.15) is 0 Å². The molecule has 0 spiro atoms. The Kier molecular flexibility index (Phi) is 9.31. The Labute approximate surface area is 430 Å². The minimum atomic E-state index is -0.272. The maximum absolute atomic E-state index is 2.48. The lowest BCUT2D eigenvalue weighted by atomic mass is 9.82. The van der Waals surface area contributed by atoms with Crippen LogP contribution in [0, 0.1) is 0 Å². The number of anilines is 3. The Hall–Kier alpha value is -9.44. The largest absolute Gasteiger partial charge is 0.310 e. The van der Waals surface area contributed by atoms with Crippen LogP contribution in [0.25, 0.3) is 110 Å². The van der Waals surface area contributed by atoms with E-state index in [1.165, 1.54) is 115 Å². The molecule has 0 fully saturated rings. The van der Waals surface area contributed by atoms with Crippen LogP contribution in [0.3, 0.4) is 0 Å². The van der Waals surface area contributed by atoms with Crippen molar-refractivity contribution in [2.45, 2.75) is 19.3 Å². The fourth-order valence-electron chi connectivity index (χ4n) is 12.6. The van der Waals surface area contributed by atoms with E-state index in [-0.39, 0.29) is 5.41 Å². The highest BCUT2D eigenvalue weighted by Gasteiger charge is 2.37. The zero-order chi connectivity index (χ0) is 49.1. The van der Waals surface area contributed by atoms with Crippen molar-refractivity contribution >= 4 is 82.2 Å². The highest BCUT2D eigenvalue weighted by Crippen LogP contribution is 2.52. The standard InChI is InChI=1S/C71H49N3/c1-71(2)64-44-51(36-39-57(64)58-40-37-52(45-65(58)71)74-67-29-14-10-24-60(67)61-25-11-15-30-68(61)74)72(50-34-31-47(32-35-50)54-27-16-18-46-17-6-7-21-53(46)54)69-42-41-55(56-22-8-9-23-59(56)69)48-33-38-63-62-26-12-13-28-66(62)73(70(63)43-48)49-19-4-3-5-20-49/h3-45H,1-2H3. The summed E-state index contributed by atoms with van der Waals surface area (Å²) >= 11 is 0. The van der Waals surface area contributed by atoms with Crippen molar-refractivity contribution in [3.05, 3.63) is 272 Å². The topological polar surface area (TPSA) is 13.1 Å². The van der Waals surface area contributed by atoms with Crippen molar-refractivity contribution in [1.82, 2.24) is 9.13 Å². The fraction of sp³-hybridized carbons (Fsp3) is 0.0423. The van der Waals surface area contributed by atoms with Crippen molar-refractivity contribution in [3.8, 4) is 44.8 Å². The summed E-state index contributed by atoms with van der Waals surface area (Å²) in [5, 5.41) is 9.93. The smallest absolute Gasteiger partial charge is 0.0547 e. The molecule has 0 N–H and O–H groups in total. The highest BCUT2D eigenvalue weighted by atomic mass is 15.1. The van der Waals surface area contributed by atoms with Gasteiger partial charge in [0, 0.05) is 55.1 Å². The lowest BCUT2D eigenvalue weighted by molar-refractivity contribution is 0.660. The van der Waals surface area contributed by atoms with Gasteiger partial charge in [0.2, 0.25) is 0 Å². The molecule has 3 nitrogen and oxygen atoms in total. The Morgan fingerprint density at radius 3 is 1.50 bits per heavy atom. The molecule has 15 rings (SSSR count). The molecule has 1 aliphatic carbocycles. The van der Waals surface area contributed by atoms with Crippen LogP contribution in [-0.4, -0.2) is 9.13 Å². The number of nitrogens with zero attached hydrogens (tertiary/aromatic N) is 3. The summed E-state index contributed by atoms with van der Waals surface area (Å²) < 4.78 is 4.85. The summed E-state index contributed by atoms with van der Waals surface area (Å²) in [7, 11) is 0. The minimum absolute atomic E-state index is 0.272. The lowest BCUT2D eigenvalue weighted by Crippen LogP contribution is -2.17. The summed E-state index contributed by atoms with van der Waals surface area (Å²) in [5.41, 5.74) is 20.3. The predicted molar refractivity (Wildman–Crippen MR) is 313 cm³/mol. The van der Waals surface area contributed by atoms with Crippen molar-refractivity contribution in [1.29, 1.82) is 0 Å². The zero-order valence-electron chi connectivity index (χ0n) is 41.2.